The average Bonchev–Trinajstić information content (AvgIpc) is 3.07. The van der Waals surface area contributed by atoms with Crippen molar-refractivity contribution in [3.8, 4) is 0 Å². The smallest absolute Gasteiger partial charge is 0.246 e. The van der Waals surface area contributed by atoms with E-state index in [4.69, 9.17) is 0 Å². The number of carbonyl (C=O) groups is 2. The van der Waals surface area contributed by atoms with Gasteiger partial charge in [0.1, 0.15) is 6.54 Å². The standard InChI is InChI=1S/C21H24N4O2/c1-17(26)25-14-20(27)24(19-7-3-2-4-8-19)16-21(25)9-11-23(15-21)13-18-6-5-10-22-12-18/h2-8,10,12H,9,11,13-16H2,1H3. The first-order valence-electron chi connectivity index (χ1n) is 9.32. The fourth-order valence-electron chi connectivity index (χ4n) is 4.32. The summed E-state index contributed by atoms with van der Waals surface area (Å²) < 4.78 is 0. The van der Waals surface area contributed by atoms with Gasteiger partial charge >= 0.3 is 0 Å². The third kappa shape index (κ3) is 3.45. The van der Waals surface area contributed by atoms with E-state index >= 15 is 0 Å². The van der Waals surface area contributed by atoms with Crippen molar-refractivity contribution in [2.24, 2.45) is 0 Å². The molecule has 140 valence electrons. The fourth-order valence-corrected chi connectivity index (χ4v) is 4.32. The number of para-hydroxylation sites is 1. The molecule has 2 aliphatic heterocycles. The number of rotatable bonds is 3. The number of amides is 2. The van der Waals surface area contributed by atoms with Gasteiger partial charge in [0.15, 0.2) is 0 Å². The van der Waals surface area contributed by atoms with Crippen LogP contribution >= 0.6 is 0 Å². The lowest BCUT2D eigenvalue weighted by atomic mass is 9.91. The minimum absolute atomic E-state index is 0.0206. The quantitative estimate of drug-likeness (QED) is 0.835. The second-order valence-electron chi connectivity index (χ2n) is 7.47. The Kier molecular flexibility index (Phi) is 4.66. The van der Waals surface area contributed by atoms with Crippen molar-refractivity contribution in [2.45, 2.75) is 25.4 Å². The van der Waals surface area contributed by atoms with Crippen LogP contribution in [0, 0.1) is 0 Å². The predicted molar refractivity (Wildman–Crippen MR) is 103 cm³/mol. The summed E-state index contributed by atoms with van der Waals surface area (Å²) in [4.78, 5) is 35.2. The van der Waals surface area contributed by atoms with E-state index in [0.29, 0.717) is 6.54 Å². The molecular formula is C21H24N4O2. The molecule has 2 aromatic rings. The number of aromatic nitrogens is 1. The number of nitrogens with zero attached hydrogens (tertiary/aromatic N) is 4. The van der Waals surface area contributed by atoms with Crippen LogP contribution in [0.3, 0.4) is 0 Å². The largest absolute Gasteiger partial charge is 0.325 e. The second-order valence-corrected chi connectivity index (χ2v) is 7.47. The molecule has 1 atom stereocenters. The molecule has 1 unspecified atom stereocenters. The van der Waals surface area contributed by atoms with Crippen LogP contribution < -0.4 is 4.90 Å². The van der Waals surface area contributed by atoms with E-state index in [2.05, 4.69) is 16.0 Å². The molecule has 2 amide bonds. The SMILES string of the molecule is CC(=O)N1CC(=O)N(c2ccccc2)CC12CCN(Cc1cccnc1)C2. The van der Waals surface area contributed by atoms with Crippen molar-refractivity contribution >= 4 is 17.5 Å². The molecule has 1 aromatic carbocycles. The molecule has 3 heterocycles. The minimum Gasteiger partial charge on any atom is -0.325 e. The third-order valence-corrected chi connectivity index (χ3v) is 5.61. The Hall–Kier alpha value is -2.73. The molecule has 0 aliphatic carbocycles. The number of hydrogen-bond acceptors (Lipinski definition) is 4. The van der Waals surface area contributed by atoms with Crippen LogP contribution in [0.25, 0.3) is 0 Å². The van der Waals surface area contributed by atoms with Crippen LogP contribution in [0.15, 0.2) is 54.9 Å². The molecule has 6 nitrogen and oxygen atoms in total. The van der Waals surface area contributed by atoms with Gasteiger partial charge in [-0.3, -0.25) is 19.5 Å². The summed E-state index contributed by atoms with van der Waals surface area (Å²) in [5.74, 6) is -0.0491. The van der Waals surface area contributed by atoms with Gasteiger partial charge in [-0.2, -0.15) is 0 Å². The number of hydrogen-bond donors (Lipinski definition) is 0. The monoisotopic (exact) mass is 364 g/mol. The zero-order chi connectivity index (χ0) is 18.9. The fraction of sp³-hybridized carbons (Fsp3) is 0.381. The average molecular weight is 364 g/mol. The van der Waals surface area contributed by atoms with Gasteiger partial charge in [-0.25, -0.2) is 0 Å². The van der Waals surface area contributed by atoms with Crippen molar-refractivity contribution in [3.63, 3.8) is 0 Å². The molecule has 0 radical (unpaired) electrons. The first-order valence-corrected chi connectivity index (χ1v) is 9.32. The number of piperazine rings is 1. The molecule has 0 bridgehead atoms. The van der Waals surface area contributed by atoms with E-state index < -0.39 is 0 Å². The molecule has 1 aromatic heterocycles. The Bertz CT molecular complexity index is 827. The van der Waals surface area contributed by atoms with Gasteiger partial charge < -0.3 is 9.80 Å². The van der Waals surface area contributed by atoms with E-state index in [1.807, 2.05) is 47.5 Å². The lowest BCUT2D eigenvalue weighted by Crippen LogP contribution is -2.66. The summed E-state index contributed by atoms with van der Waals surface area (Å²) in [6.45, 7) is 4.72. The van der Waals surface area contributed by atoms with Gasteiger partial charge in [0.2, 0.25) is 11.8 Å². The van der Waals surface area contributed by atoms with E-state index in [1.165, 1.54) is 0 Å². The molecule has 2 fully saturated rings. The summed E-state index contributed by atoms with van der Waals surface area (Å²) in [6.07, 6.45) is 4.52. The van der Waals surface area contributed by atoms with Crippen molar-refractivity contribution in [3.05, 3.63) is 60.4 Å². The van der Waals surface area contributed by atoms with Gasteiger partial charge in [0.25, 0.3) is 0 Å². The van der Waals surface area contributed by atoms with E-state index in [1.54, 1.807) is 18.0 Å². The van der Waals surface area contributed by atoms with E-state index in [-0.39, 0.29) is 23.9 Å². The highest BCUT2D eigenvalue weighted by Gasteiger charge is 2.50. The topological polar surface area (TPSA) is 56.8 Å². The summed E-state index contributed by atoms with van der Waals surface area (Å²) in [5, 5.41) is 0. The number of carbonyl (C=O) groups excluding carboxylic acids is 2. The Morgan fingerprint density at radius 3 is 2.67 bits per heavy atom. The normalized spacial score (nSPS) is 23.2. The second kappa shape index (κ2) is 7.12. The number of benzene rings is 1. The number of anilines is 1. The zero-order valence-corrected chi connectivity index (χ0v) is 15.5. The van der Waals surface area contributed by atoms with Crippen LogP contribution in [0.2, 0.25) is 0 Å². The highest BCUT2D eigenvalue weighted by atomic mass is 16.2. The predicted octanol–water partition coefficient (Wildman–Crippen LogP) is 1.92. The molecule has 2 saturated heterocycles. The summed E-state index contributed by atoms with van der Waals surface area (Å²) in [5.41, 5.74) is 1.73. The van der Waals surface area contributed by atoms with Gasteiger partial charge in [-0.15, -0.1) is 0 Å². The molecular weight excluding hydrogens is 340 g/mol. The van der Waals surface area contributed by atoms with Crippen LogP contribution in [-0.2, 0) is 16.1 Å². The summed E-state index contributed by atoms with van der Waals surface area (Å²) in [7, 11) is 0. The van der Waals surface area contributed by atoms with Crippen molar-refractivity contribution < 1.29 is 9.59 Å². The van der Waals surface area contributed by atoms with Crippen LogP contribution in [0.1, 0.15) is 18.9 Å². The van der Waals surface area contributed by atoms with Gasteiger partial charge in [-0.1, -0.05) is 24.3 Å². The molecule has 1 spiro atoms. The van der Waals surface area contributed by atoms with Crippen molar-refractivity contribution in [1.82, 2.24) is 14.8 Å². The number of likely N-dealkylation sites (tertiary alicyclic amines) is 1. The third-order valence-electron chi connectivity index (χ3n) is 5.61. The van der Waals surface area contributed by atoms with Crippen LogP contribution in [-0.4, -0.2) is 58.3 Å². The zero-order valence-electron chi connectivity index (χ0n) is 15.5. The Morgan fingerprint density at radius 1 is 1.15 bits per heavy atom. The molecule has 4 rings (SSSR count). The molecule has 2 aliphatic rings. The van der Waals surface area contributed by atoms with Gasteiger partial charge in [0.05, 0.1) is 12.1 Å². The van der Waals surface area contributed by atoms with Crippen molar-refractivity contribution in [1.29, 1.82) is 0 Å². The molecule has 27 heavy (non-hydrogen) atoms. The molecule has 0 N–H and O–H groups in total. The Balaban J connectivity index is 1.58. The maximum Gasteiger partial charge on any atom is 0.246 e. The maximum absolute atomic E-state index is 12.7. The lowest BCUT2D eigenvalue weighted by molar-refractivity contribution is -0.142. The van der Waals surface area contributed by atoms with E-state index in [9.17, 15) is 9.59 Å². The minimum atomic E-state index is -0.336. The molecule has 0 saturated carbocycles. The Morgan fingerprint density at radius 2 is 1.96 bits per heavy atom. The maximum atomic E-state index is 12.7. The highest BCUT2D eigenvalue weighted by Crippen LogP contribution is 2.35. The first-order chi connectivity index (χ1) is 13.1. The Labute approximate surface area is 159 Å². The van der Waals surface area contributed by atoms with Gasteiger partial charge in [-0.05, 0) is 30.2 Å². The van der Waals surface area contributed by atoms with Gasteiger partial charge in [0, 0.05) is 44.6 Å². The van der Waals surface area contributed by atoms with E-state index in [0.717, 1.165) is 37.3 Å². The van der Waals surface area contributed by atoms with Crippen molar-refractivity contribution in [2.75, 3.05) is 31.1 Å². The molecule has 6 heteroatoms. The van der Waals surface area contributed by atoms with Crippen LogP contribution in [0.5, 0.6) is 0 Å². The number of pyridine rings is 1. The summed E-state index contributed by atoms with van der Waals surface area (Å²) in [6, 6.07) is 13.8. The first kappa shape index (κ1) is 17.7. The summed E-state index contributed by atoms with van der Waals surface area (Å²) >= 11 is 0. The highest BCUT2D eigenvalue weighted by molar-refractivity contribution is 5.98. The van der Waals surface area contributed by atoms with Crippen LogP contribution in [0.4, 0.5) is 5.69 Å². The lowest BCUT2D eigenvalue weighted by Gasteiger charge is -2.48.